The minimum atomic E-state index is -2.61. The van der Waals surface area contributed by atoms with E-state index in [4.69, 9.17) is 26.6 Å². The number of rotatable bonds is 36. The first-order chi connectivity index (χ1) is 21.1. The molecule has 0 aromatic rings. The summed E-state index contributed by atoms with van der Waals surface area (Å²) in [5.74, 6) is 2.16. The Labute approximate surface area is 288 Å². The fraction of sp³-hybridized carbons (Fsp3) is 1.00. The molecule has 0 fully saturated rings. The molecule has 260 valence electrons. The normalized spacial score (nSPS) is 12.4. The second-order valence-electron chi connectivity index (χ2n) is 10.6. The molecule has 43 heavy (non-hydrogen) atoms. The molecule has 13 heteroatoms. The molecule has 0 rings (SSSR count). The maximum Gasteiger partial charge on any atom is 0.500 e. The molecule has 0 atom stereocenters. The second kappa shape index (κ2) is 33.8. The van der Waals surface area contributed by atoms with Crippen LogP contribution in [0.4, 0.5) is 0 Å². The molecule has 0 aliphatic rings. The van der Waals surface area contributed by atoms with Crippen molar-refractivity contribution in [3.05, 3.63) is 0 Å². The second-order valence-corrected chi connectivity index (χ2v) is 24.1. The van der Waals surface area contributed by atoms with Crippen LogP contribution in [-0.2, 0) is 26.6 Å². The van der Waals surface area contributed by atoms with Gasteiger partial charge in [0.15, 0.2) is 0 Å². The van der Waals surface area contributed by atoms with E-state index in [-0.39, 0.29) is 0 Å². The summed E-state index contributed by atoms with van der Waals surface area (Å²) in [7, 11) is 4.25. The molecule has 0 aliphatic heterocycles. The zero-order valence-corrected chi connectivity index (χ0v) is 34.5. The highest BCUT2D eigenvalue weighted by atomic mass is 33.8. The van der Waals surface area contributed by atoms with Crippen LogP contribution in [-0.4, -0.2) is 68.8 Å². The van der Waals surface area contributed by atoms with Crippen molar-refractivity contribution in [2.45, 2.75) is 144 Å². The predicted octanol–water partition coefficient (Wildman–Crippen LogP) is 11.9. The molecule has 0 heterocycles. The number of hydrogen-bond acceptors (Lipinski definition) is 11. The Morgan fingerprint density at radius 3 is 0.837 bits per heavy atom. The summed E-state index contributed by atoms with van der Waals surface area (Å²) in [5.41, 5.74) is 0. The Morgan fingerprint density at radius 1 is 0.349 bits per heavy atom. The molecular weight excluding hydrogens is 673 g/mol. The summed E-state index contributed by atoms with van der Waals surface area (Å²) in [4.78, 5) is 0. The van der Waals surface area contributed by atoms with Crippen LogP contribution >= 0.6 is 51.1 Å². The van der Waals surface area contributed by atoms with Crippen molar-refractivity contribution in [1.82, 2.24) is 0 Å². The molecule has 0 N–H and O–H groups in total. The molecular formula is C30H66O6S5Si2. The van der Waals surface area contributed by atoms with E-state index in [1.54, 1.807) is 0 Å². The van der Waals surface area contributed by atoms with E-state index in [2.05, 4.69) is 41.5 Å². The van der Waals surface area contributed by atoms with Crippen molar-refractivity contribution in [3.8, 4) is 0 Å². The van der Waals surface area contributed by atoms with Gasteiger partial charge in [-0.05, 0) is 80.8 Å². The third-order valence-electron chi connectivity index (χ3n) is 6.49. The van der Waals surface area contributed by atoms with Crippen LogP contribution in [0.2, 0.25) is 12.1 Å². The molecule has 6 nitrogen and oxygen atoms in total. The van der Waals surface area contributed by atoms with Crippen LogP contribution in [0.5, 0.6) is 0 Å². The first kappa shape index (κ1) is 44.9. The van der Waals surface area contributed by atoms with Gasteiger partial charge in [-0.25, -0.2) is 0 Å². The first-order valence-electron chi connectivity index (χ1n) is 17.2. The van der Waals surface area contributed by atoms with Crippen LogP contribution in [0.3, 0.4) is 0 Å². The monoisotopic (exact) mass is 738 g/mol. The van der Waals surface area contributed by atoms with Gasteiger partial charge in [0.2, 0.25) is 0 Å². The maximum absolute atomic E-state index is 6.39. The van der Waals surface area contributed by atoms with Gasteiger partial charge in [-0.2, -0.15) is 0 Å². The van der Waals surface area contributed by atoms with Gasteiger partial charge in [0.1, 0.15) is 0 Å². The van der Waals surface area contributed by atoms with Gasteiger partial charge < -0.3 is 26.6 Å². The van der Waals surface area contributed by atoms with E-state index >= 15 is 0 Å². The summed E-state index contributed by atoms with van der Waals surface area (Å²) >= 11 is 0. The van der Waals surface area contributed by atoms with E-state index in [1.165, 1.54) is 0 Å². The van der Waals surface area contributed by atoms with Crippen LogP contribution in [0.15, 0.2) is 0 Å². The lowest BCUT2D eigenvalue weighted by Crippen LogP contribution is -2.46. The minimum absolute atomic E-state index is 0.747. The highest BCUT2D eigenvalue weighted by molar-refractivity contribution is 9.35. The smallest absolute Gasteiger partial charge is 0.373 e. The largest absolute Gasteiger partial charge is 0.500 e. The summed E-state index contributed by atoms with van der Waals surface area (Å²) in [6.07, 6.45) is 15.3. The molecule has 0 aromatic heterocycles. The molecule has 0 aromatic carbocycles. The van der Waals surface area contributed by atoms with Crippen molar-refractivity contribution < 1.29 is 26.6 Å². The van der Waals surface area contributed by atoms with Crippen molar-refractivity contribution in [1.29, 1.82) is 0 Å². The SMILES string of the molecule is CCCCO[Si](CCCSSSSSCCC[Si](OCCCC)(OCCCC)OCCCC)(OCCCC)OCCCC. The fourth-order valence-electron chi connectivity index (χ4n) is 3.73. The Morgan fingerprint density at radius 2 is 0.605 bits per heavy atom. The van der Waals surface area contributed by atoms with Gasteiger partial charge in [-0.1, -0.05) is 102 Å². The Bertz CT molecular complexity index is 476. The third-order valence-corrected chi connectivity index (χ3v) is 21.1. The quantitative estimate of drug-likeness (QED) is 0.0351. The lowest BCUT2D eigenvalue weighted by Gasteiger charge is -2.30. The Kier molecular flexibility index (Phi) is 35.4. The van der Waals surface area contributed by atoms with E-state index in [0.717, 1.165) is 153 Å². The van der Waals surface area contributed by atoms with Gasteiger partial charge in [-0.15, -0.1) is 0 Å². The highest BCUT2D eigenvalue weighted by Crippen LogP contribution is 2.49. The Hall–Kier alpha value is 1.94. The molecule has 0 unspecified atom stereocenters. The summed E-state index contributed by atoms with van der Waals surface area (Å²) < 4.78 is 38.4. The molecule has 0 spiro atoms. The number of unbranched alkanes of at least 4 members (excludes halogenated alkanes) is 6. The lowest BCUT2D eigenvalue weighted by molar-refractivity contribution is 0.0555. The molecule has 0 aliphatic carbocycles. The van der Waals surface area contributed by atoms with Crippen molar-refractivity contribution in [2.75, 3.05) is 51.1 Å². The summed E-state index contributed by atoms with van der Waals surface area (Å²) in [6, 6.07) is 1.83. The van der Waals surface area contributed by atoms with Crippen LogP contribution in [0.1, 0.15) is 131 Å². The van der Waals surface area contributed by atoms with Gasteiger partial charge >= 0.3 is 17.6 Å². The molecule has 0 amide bonds. The topological polar surface area (TPSA) is 55.4 Å². The van der Waals surface area contributed by atoms with Crippen LogP contribution in [0.25, 0.3) is 0 Å². The van der Waals surface area contributed by atoms with Gasteiger partial charge in [0, 0.05) is 63.2 Å². The molecule has 0 saturated carbocycles. The van der Waals surface area contributed by atoms with E-state index in [9.17, 15) is 0 Å². The highest BCUT2D eigenvalue weighted by Gasteiger charge is 2.41. The zero-order chi connectivity index (χ0) is 31.7. The average Bonchev–Trinajstić information content (AvgIpc) is 3.00. The van der Waals surface area contributed by atoms with E-state index < -0.39 is 17.6 Å². The van der Waals surface area contributed by atoms with Crippen LogP contribution in [0, 0.1) is 0 Å². The zero-order valence-electron chi connectivity index (χ0n) is 28.5. The van der Waals surface area contributed by atoms with Gasteiger partial charge in [0.25, 0.3) is 0 Å². The minimum Gasteiger partial charge on any atom is -0.373 e. The first-order valence-corrected chi connectivity index (χ1v) is 27.5. The Balaban J connectivity index is 4.49. The van der Waals surface area contributed by atoms with Crippen molar-refractivity contribution in [3.63, 3.8) is 0 Å². The summed E-state index contributed by atoms with van der Waals surface area (Å²) in [6.45, 7) is 17.7. The van der Waals surface area contributed by atoms with Gasteiger partial charge in [-0.3, -0.25) is 0 Å². The maximum atomic E-state index is 6.39. The van der Waals surface area contributed by atoms with E-state index in [0.29, 0.717) is 0 Å². The van der Waals surface area contributed by atoms with Crippen molar-refractivity contribution in [2.24, 2.45) is 0 Å². The molecule has 0 saturated heterocycles. The fourth-order valence-corrected chi connectivity index (χ4v) is 18.4. The number of hydrogen-bond donors (Lipinski definition) is 0. The standard InChI is InChI=1S/C30H66O6S5Si2/c1-7-13-21-31-42(32-22-14-8-2,33-23-15-9-3)29-19-27-37-39-41-40-38-28-20-30-43(34-24-16-10-4,35-25-17-11-5)36-26-18-12-6/h7-30H2,1-6H3. The van der Waals surface area contributed by atoms with Crippen LogP contribution < -0.4 is 0 Å². The van der Waals surface area contributed by atoms with E-state index in [1.807, 2.05) is 51.1 Å². The van der Waals surface area contributed by atoms with Gasteiger partial charge in [0.05, 0.1) is 0 Å². The lowest BCUT2D eigenvalue weighted by atomic mass is 10.4. The molecule has 0 bridgehead atoms. The third kappa shape index (κ3) is 26.6. The van der Waals surface area contributed by atoms with Crippen molar-refractivity contribution >= 4 is 68.7 Å². The summed E-state index contributed by atoms with van der Waals surface area (Å²) in [5, 5.41) is 0. The predicted molar refractivity (Wildman–Crippen MR) is 203 cm³/mol. The average molecular weight is 739 g/mol. The molecule has 0 radical (unpaired) electrons.